The van der Waals surface area contributed by atoms with E-state index in [-0.39, 0.29) is 26.2 Å². The molecule has 2 rings (SSSR count). The van der Waals surface area contributed by atoms with Gasteiger partial charge in [-0.2, -0.15) is 45.5 Å². The van der Waals surface area contributed by atoms with Crippen LogP contribution in [0, 0.1) is 0 Å². The van der Waals surface area contributed by atoms with E-state index < -0.39 is 0 Å². The van der Waals surface area contributed by atoms with Gasteiger partial charge in [0.05, 0.1) is 0 Å². The minimum atomic E-state index is 0. The van der Waals surface area contributed by atoms with Crippen molar-refractivity contribution in [2.24, 2.45) is 0 Å². The van der Waals surface area contributed by atoms with E-state index in [1.165, 1.54) is 62.5 Å². The van der Waals surface area contributed by atoms with Gasteiger partial charge in [0.2, 0.25) is 0 Å². The van der Waals surface area contributed by atoms with Crippen LogP contribution in [0.5, 0.6) is 0 Å². The van der Waals surface area contributed by atoms with E-state index in [1.807, 2.05) is 0 Å². The molecule has 0 heterocycles. The molecule has 0 spiro atoms. The maximum atomic E-state index is 2.38. The van der Waals surface area contributed by atoms with Crippen LogP contribution in [0.2, 0.25) is 0 Å². The quantitative estimate of drug-likeness (QED) is 0.407. The first-order chi connectivity index (χ1) is 11.6. The Hall–Kier alpha value is -0.417. The Labute approximate surface area is 176 Å². The Kier molecular flexibility index (Phi) is 13.5. The van der Waals surface area contributed by atoms with Gasteiger partial charge in [-0.3, -0.25) is 0 Å². The van der Waals surface area contributed by atoms with Crippen molar-refractivity contribution in [3.8, 4) is 0 Å². The Morgan fingerprint density at radius 3 is 1.20 bits per heavy atom. The Bertz CT molecular complexity index is 476. The van der Waals surface area contributed by atoms with Crippen molar-refractivity contribution in [1.29, 1.82) is 0 Å². The van der Waals surface area contributed by atoms with Crippen LogP contribution in [0.4, 0.5) is 0 Å². The molecular formula is C24H38Zr. The zero-order valence-electron chi connectivity index (χ0n) is 17.5. The average molecular weight is 418 g/mol. The smallest absolute Gasteiger partial charge is 0.207 e. The molecule has 2 aromatic carbocycles. The average Bonchev–Trinajstić information content (AvgIpc) is 3.19. The van der Waals surface area contributed by atoms with Gasteiger partial charge in [-0.05, 0) is 0 Å². The summed E-state index contributed by atoms with van der Waals surface area (Å²) in [5.41, 5.74) is 9.29. The van der Waals surface area contributed by atoms with E-state index >= 15 is 0 Å². The van der Waals surface area contributed by atoms with Gasteiger partial charge in [-0.1, -0.05) is 92.9 Å². The van der Waals surface area contributed by atoms with Crippen molar-refractivity contribution in [1.82, 2.24) is 0 Å². The van der Waals surface area contributed by atoms with Crippen molar-refractivity contribution in [2.45, 2.75) is 92.9 Å². The summed E-state index contributed by atoms with van der Waals surface area (Å²) in [4.78, 5) is 0. The monoisotopic (exact) mass is 416 g/mol. The van der Waals surface area contributed by atoms with Crippen molar-refractivity contribution in [3.05, 3.63) is 57.6 Å². The molecule has 0 unspecified atom stereocenters. The molecule has 0 fully saturated rings. The molecule has 0 N–H and O–H groups in total. The molecule has 0 aliphatic heterocycles. The molecule has 25 heavy (non-hydrogen) atoms. The first-order valence-electron chi connectivity index (χ1n) is 10.2. The van der Waals surface area contributed by atoms with Crippen molar-refractivity contribution in [3.63, 3.8) is 0 Å². The van der Waals surface area contributed by atoms with Crippen LogP contribution in [0.1, 0.15) is 87.8 Å². The Balaban J connectivity index is 0.000000443. The normalized spacial score (nSPS) is 10.2. The van der Waals surface area contributed by atoms with E-state index in [0.29, 0.717) is 0 Å². The van der Waals surface area contributed by atoms with Crippen molar-refractivity contribution >= 4 is 0 Å². The Morgan fingerprint density at radius 2 is 1.00 bits per heavy atom. The molecule has 138 valence electrons. The van der Waals surface area contributed by atoms with Crippen LogP contribution in [-0.2, 0) is 64.7 Å². The molecule has 0 atom stereocenters. The minimum absolute atomic E-state index is 0. The second-order valence-corrected chi connectivity index (χ2v) is 6.74. The van der Waals surface area contributed by atoms with Crippen LogP contribution in [0.25, 0.3) is 0 Å². The summed E-state index contributed by atoms with van der Waals surface area (Å²) < 4.78 is 0. The van der Waals surface area contributed by atoms with Gasteiger partial charge in [0, 0.05) is 0 Å². The molecule has 1 heteroatoms. The van der Waals surface area contributed by atoms with Crippen LogP contribution in [0.3, 0.4) is 0 Å². The van der Waals surface area contributed by atoms with Crippen LogP contribution >= 0.6 is 0 Å². The fourth-order valence-electron chi connectivity index (χ4n) is 3.53. The largest absolute Gasteiger partial charge is 2.00 e. The number of aryl methyl sites for hydroxylation is 6. The molecule has 0 aliphatic carbocycles. The SMILES string of the molecule is CCCc1cc(CC)[c-](CC)c1.CCCc1cc(CC)[c-](CC)c1.[Zr+2]. The zero-order chi connectivity index (χ0) is 17.9. The fourth-order valence-corrected chi connectivity index (χ4v) is 3.53. The third-order valence-electron chi connectivity index (χ3n) is 4.86. The Morgan fingerprint density at radius 1 is 0.640 bits per heavy atom. The maximum Gasteiger partial charge on any atom is 2.00 e. The third-order valence-corrected chi connectivity index (χ3v) is 4.86. The molecule has 0 nitrogen and oxygen atoms in total. The van der Waals surface area contributed by atoms with Crippen LogP contribution in [-0.4, -0.2) is 0 Å². The van der Waals surface area contributed by atoms with E-state index in [0.717, 1.165) is 0 Å². The topological polar surface area (TPSA) is 0 Å². The number of rotatable bonds is 8. The van der Waals surface area contributed by atoms with Gasteiger partial charge in [-0.25, -0.2) is 12.1 Å². The molecule has 0 aromatic heterocycles. The minimum Gasteiger partial charge on any atom is -0.207 e. The summed E-state index contributed by atoms with van der Waals surface area (Å²) in [6.45, 7) is 13.4. The predicted molar refractivity (Wildman–Crippen MR) is 110 cm³/mol. The van der Waals surface area contributed by atoms with Crippen molar-refractivity contribution < 1.29 is 26.2 Å². The molecular weight excluding hydrogens is 379 g/mol. The summed E-state index contributed by atoms with van der Waals surface area (Å²) >= 11 is 0. The summed E-state index contributed by atoms with van der Waals surface area (Å²) in [5.74, 6) is 0. The second-order valence-electron chi connectivity index (χ2n) is 6.74. The fraction of sp³-hybridized carbons (Fsp3) is 0.583. The standard InChI is InChI=1S/2C12H19.Zr/c2*1-4-7-10-8-11(5-2)12(6-3)9-10;/h2*8-9H,4-7H2,1-3H3;/q2*-1;+2. The van der Waals surface area contributed by atoms with Gasteiger partial charge < -0.3 is 0 Å². The predicted octanol–water partition coefficient (Wildman–Crippen LogP) is 6.96. The number of hydrogen-bond donors (Lipinski definition) is 0. The summed E-state index contributed by atoms with van der Waals surface area (Å²) in [6, 6.07) is 9.51. The molecule has 0 amide bonds. The molecule has 0 aliphatic rings. The van der Waals surface area contributed by atoms with Gasteiger partial charge in [-0.15, -0.1) is 0 Å². The molecule has 0 saturated heterocycles. The molecule has 0 saturated carbocycles. The van der Waals surface area contributed by atoms with Crippen molar-refractivity contribution in [2.75, 3.05) is 0 Å². The zero-order valence-corrected chi connectivity index (χ0v) is 19.9. The first kappa shape index (κ1) is 24.6. The van der Waals surface area contributed by atoms with E-state index in [9.17, 15) is 0 Å². The third kappa shape index (κ3) is 7.78. The first-order valence-corrected chi connectivity index (χ1v) is 10.2. The summed E-state index contributed by atoms with van der Waals surface area (Å²) in [6.07, 6.45) is 9.76. The van der Waals surface area contributed by atoms with Gasteiger partial charge in [0.15, 0.2) is 0 Å². The van der Waals surface area contributed by atoms with E-state index in [1.54, 1.807) is 22.3 Å². The maximum absolute atomic E-state index is 2.38. The molecule has 0 radical (unpaired) electrons. The van der Waals surface area contributed by atoms with E-state index in [2.05, 4.69) is 65.8 Å². The van der Waals surface area contributed by atoms with E-state index in [4.69, 9.17) is 0 Å². The molecule has 2 aromatic rings. The second kappa shape index (κ2) is 13.7. The van der Waals surface area contributed by atoms with Gasteiger partial charge in [0.25, 0.3) is 0 Å². The van der Waals surface area contributed by atoms with Gasteiger partial charge in [0.1, 0.15) is 0 Å². The van der Waals surface area contributed by atoms with Gasteiger partial charge >= 0.3 is 26.2 Å². The van der Waals surface area contributed by atoms with Crippen LogP contribution in [0.15, 0.2) is 24.3 Å². The summed E-state index contributed by atoms with van der Waals surface area (Å²) in [7, 11) is 0. The van der Waals surface area contributed by atoms with Crippen LogP contribution < -0.4 is 0 Å². The number of hydrogen-bond acceptors (Lipinski definition) is 0. The summed E-state index contributed by atoms with van der Waals surface area (Å²) in [5, 5.41) is 0. The molecule has 0 bridgehead atoms.